The molecule has 1 N–H and O–H groups in total. The first-order valence-corrected chi connectivity index (χ1v) is 6.88. The number of benzene rings is 1. The van der Waals surface area contributed by atoms with Gasteiger partial charge in [-0.2, -0.15) is 11.8 Å². The highest BCUT2D eigenvalue weighted by Crippen LogP contribution is 2.39. The molecule has 1 aromatic carbocycles. The molecule has 0 aromatic heterocycles. The van der Waals surface area contributed by atoms with E-state index in [0.717, 1.165) is 29.9 Å². The van der Waals surface area contributed by atoms with Crippen LogP contribution in [0.5, 0.6) is 11.5 Å². The van der Waals surface area contributed by atoms with E-state index in [1.54, 1.807) is 14.2 Å². The van der Waals surface area contributed by atoms with Crippen molar-refractivity contribution >= 4 is 11.8 Å². The van der Waals surface area contributed by atoms with Gasteiger partial charge in [-0.25, -0.2) is 0 Å². The van der Waals surface area contributed by atoms with Crippen molar-refractivity contribution in [2.45, 2.75) is 18.4 Å². The normalized spacial score (nSPS) is 18.8. The van der Waals surface area contributed by atoms with Gasteiger partial charge in [0.05, 0.1) is 19.8 Å². The third-order valence-electron chi connectivity index (χ3n) is 3.24. The van der Waals surface area contributed by atoms with E-state index in [4.69, 9.17) is 9.47 Å². The van der Waals surface area contributed by atoms with Gasteiger partial charge in [-0.3, -0.25) is 0 Å². The third-order valence-corrected chi connectivity index (χ3v) is 4.23. The maximum absolute atomic E-state index is 10.6. The lowest BCUT2D eigenvalue weighted by Gasteiger charge is -2.32. The Morgan fingerprint density at radius 1 is 1.12 bits per heavy atom. The molecule has 0 spiro atoms. The quantitative estimate of drug-likeness (QED) is 0.899. The summed E-state index contributed by atoms with van der Waals surface area (Å²) < 4.78 is 10.5. The Hall–Kier alpha value is -0.870. The second kappa shape index (κ2) is 5.19. The molecule has 0 aliphatic carbocycles. The van der Waals surface area contributed by atoms with E-state index in [-0.39, 0.29) is 0 Å². The summed E-state index contributed by atoms with van der Waals surface area (Å²) in [6.45, 7) is 0. The Morgan fingerprint density at radius 2 is 1.76 bits per heavy atom. The van der Waals surface area contributed by atoms with Crippen molar-refractivity contribution < 1.29 is 14.6 Å². The van der Waals surface area contributed by atoms with Crippen LogP contribution in [0.1, 0.15) is 18.4 Å². The zero-order valence-corrected chi connectivity index (χ0v) is 11.0. The average molecular weight is 254 g/mol. The highest BCUT2D eigenvalue weighted by atomic mass is 32.2. The predicted octanol–water partition coefficient (Wildman–Crippen LogP) is 2.42. The molecule has 17 heavy (non-hydrogen) atoms. The fourth-order valence-corrected chi connectivity index (χ4v) is 3.29. The van der Waals surface area contributed by atoms with E-state index < -0.39 is 5.60 Å². The number of hydrogen-bond donors (Lipinski definition) is 1. The minimum atomic E-state index is -0.704. The fourth-order valence-electron chi connectivity index (χ4n) is 2.12. The summed E-state index contributed by atoms with van der Waals surface area (Å²) in [5.74, 6) is 3.39. The molecule has 0 bridgehead atoms. The molecular weight excluding hydrogens is 236 g/mol. The zero-order chi connectivity index (χ0) is 12.3. The first-order valence-electron chi connectivity index (χ1n) is 5.72. The molecule has 94 valence electrons. The molecule has 0 atom stereocenters. The molecule has 0 amide bonds. The van der Waals surface area contributed by atoms with Crippen LogP contribution in [0.2, 0.25) is 0 Å². The van der Waals surface area contributed by atoms with E-state index in [0.29, 0.717) is 11.5 Å². The van der Waals surface area contributed by atoms with Crippen molar-refractivity contribution in [3.8, 4) is 11.5 Å². The zero-order valence-electron chi connectivity index (χ0n) is 10.2. The highest BCUT2D eigenvalue weighted by Gasteiger charge is 2.32. The van der Waals surface area contributed by atoms with E-state index in [2.05, 4.69) is 0 Å². The first kappa shape index (κ1) is 12.6. The smallest absolute Gasteiger partial charge is 0.161 e. The fraction of sp³-hybridized carbons (Fsp3) is 0.538. The lowest BCUT2D eigenvalue weighted by Crippen LogP contribution is -2.30. The van der Waals surface area contributed by atoms with Crippen LogP contribution in [-0.4, -0.2) is 30.8 Å². The van der Waals surface area contributed by atoms with Gasteiger partial charge in [0.1, 0.15) is 0 Å². The van der Waals surface area contributed by atoms with Crippen molar-refractivity contribution in [2.75, 3.05) is 25.7 Å². The van der Waals surface area contributed by atoms with E-state index in [9.17, 15) is 5.11 Å². The summed E-state index contributed by atoms with van der Waals surface area (Å²) in [5.41, 5.74) is 0.223. The molecule has 1 aliphatic heterocycles. The van der Waals surface area contributed by atoms with Gasteiger partial charge in [0, 0.05) is 0 Å². The summed E-state index contributed by atoms with van der Waals surface area (Å²) in [6.07, 6.45) is 1.60. The minimum Gasteiger partial charge on any atom is -0.493 e. The molecule has 1 fully saturated rings. The van der Waals surface area contributed by atoms with Gasteiger partial charge in [-0.05, 0) is 42.0 Å². The van der Waals surface area contributed by atoms with Crippen molar-refractivity contribution in [3.05, 3.63) is 23.8 Å². The number of aliphatic hydroxyl groups is 1. The number of ether oxygens (including phenoxy) is 2. The van der Waals surface area contributed by atoms with Crippen LogP contribution in [0.3, 0.4) is 0 Å². The lowest BCUT2D eigenvalue weighted by molar-refractivity contribution is 0.0278. The Kier molecular flexibility index (Phi) is 3.84. The summed E-state index contributed by atoms with van der Waals surface area (Å²) >= 11 is 1.89. The monoisotopic (exact) mass is 254 g/mol. The molecular formula is C13H18O3S. The Balaban J connectivity index is 2.32. The molecule has 3 nitrogen and oxygen atoms in total. The summed E-state index contributed by atoms with van der Waals surface area (Å²) in [4.78, 5) is 0. The predicted molar refractivity (Wildman–Crippen MR) is 70.0 cm³/mol. The van der Waals surface area contributed by atoms with Crippen LogP contribution in [0.15, 0.2) is 18.2 Å². The van der Waals surface area contributed by atoms with Crippen molar-refractivity contribution in [1.29, 1.82) is 0 Å². The number of hydrogen-bond acceptors (Lipinski definition) is 4. The van der Waals surface area contributed by atoms with Crippen molar-refractivity contribution in [2.24, 2.45) is 0 Å². The lowest BCUT2D eigenvalue weighted by atomic mass is 9.88. The molecule has 0 unspecified atom stereocenters. The molecule has 1 saturated heterocycles. The molecule has 4 heteroatoms. The van der Waals surface area contributed by atoms with Crippen LogP contribution in [0, 0.1) is 0 Å². The van der Waals surface area contributed by atoms with Crippen molar-refractivity contribution in [3.63, 3.8) is 0 Å². The number of thioether (sulfide) groups is 1. The van der Waals surface area contributed by atoms with Gasteiger partial charge in [0.15, 0.2) is 11.5 Å². The maximum Gasteiger partial charge on any atom is 0.161 e. The van der Waals surface area contributed by atoms with Crippen LogP contribution < -0.4 is 9.47 Å². The van der Waals surface area contributed by atoms with Gasteiger partial charge in [-0.1, -0.05) is 6.07 Å². The van der Waals surface area contributed by atoms with Crippen LogP contribution >= 0.6 is 11.8 Å². The van der Waals surface area contributed by atoms with Gasteiger partial charge in [0.2, 0.25) is 0 Å². The average Bonchev–Trinajstić information content (AvgIpc) is 2.38. The second-order valence-electron chi connectivity index (χ2n) is 4.21. The standard InChI is InChI=1S/C13H18O3S/c1-15-11-4-3-10(9-12(11)16-2)13(14)5-7-17-8-6-13/h3-4,9,14H,5-8H2,1-2H3. The molecule has 0 saturated carbocycles. The number of rotatable bonds is 3. The molecule has 2 rings (SSSR count). The second-order valence-corrected chi connectivity index (χ2v) is 5.44. The molecule has 1 aliphatic rings. The van der Waals surface area contributed by atoms with E-state index in [1.807, 2.05) is 30.0 Å². The van der Waals surface area contributed by atoms with Crippen molar-refractivity contribution in [1.82, 2.24) is 0 Å². The Labute approximate surface area is 106 Å². The molecule has 1 aromatic rings. The van der Waals surface area contributed by atoms with Gasteiger partial charge >= 0.3 is 0 Å². The van der Waals surface area contributed by atoms with Gasteiger partial charge < -0.3 is 14.6 Å². The highest BCUT2D eigenvalue weighted by molar-refractivity contribution is 7.99. The maximum atomic E-state index is 10.6. The molecule has 0 radical (unpaired) electrons. The van der Waals surface area contributed by atoms with E-state index in [1.165, 1.54) is 0 Å². The largest absolute Gasteiger partial charge is 0.493 e. The van der Waals surface area contributed by atoms with Crippen LogP contribution in [0.4, 0.5) is 0 Å². The topological polar surface area (TPSA) is 38.7 Å². The minimum absolute atomic E-state index is 0.677. The summed E-state index contributed by atoms with van der Waals surface area (Å²) in [5, 5.41) is 10.6. The summed E-state index contributed by atoms with van der Waals surface area (Å²) in [7, 11) is 3.23. The number of methoxy groups -OCH3 is 2. The van der Waals surface area contributed by atoms with Gasteiger partial charge in [-0.15, -0.1) is 0 Å². The SMILES string of the molecule is COc1ccc(C2(O)CCSCC2)cc1OC. The molecule has 1 heterocycles. The Morgan fingerprint density at radius 3 is 2.35 bits per heavy atom. The summed E-state index contributed by atoms with van der Waals surface area (Å²) in [6, 6.07) is 5.67. The Bertz CT molecular complexity index is 386. The van der Waals surface area contributed by atoms with Crippen LogP contribution in [0.25, 0.3) is 0 Å². The van der Waals surface area contributed by atoms with E-state index >= 15 is 0 Å². The third kappa shape index (κ3) is 2.53. The van der Waals surface area contributed by atoms with Crippen LogP contribution in [-0.2, 0) is 5.60 Å². The first-order chi connectivity index (χ1) is 8.19. The van der Waals surface area contributed by atoms with Gasteiger partial charge in [0.25, 0.3) is 0 Å².